The van der Waals surface area contributed by atoms with Gasteiger partial charge < -0.3 is 15.3 Å². The molecule has 1 rings (SSSR count). The average Bonchev–Trinajstić information content (AvgIpc) is 2.47. The monoisotopic (exact) mass is 295 g/mol. The number of hydrogen-bond acceptors (Lipinski definition) is 4. The molecule has 0 aliphatic carbocycles. The third-order valence-corrected chi connectivity index (χ3v) is 3.94. The Morgan fingerprint density at radius 2 is 1.71 bits per heavy atom. The van der Waals surface area contributed by atoms with Crippen molar-refractivity contribution in [2.75, 3.05) is 45.8 Å². The number of carbonyl (C=O) groups is 1. The number of nitrogens with zero attached hydrogens (tertiary/aromatic N) is 2. The molecule has 0 spiro atoms. The maximum Gasteiger partial charge on any atom is 0.234 e. The molecule has 1 aliphatic rings. The summed E-state index contributed by atoms with van der Waals surface area (Å²) in [4.78, 5) is 16.5. The molecule has 0 radical (unpaired) electrons. The highest BCUT2D eigenvalue weighted by Crippen LogP contribution is 2.15. The van der Waals surface area contributed by atoms with Crippen molar-refractivity contribution in [3.8, 4) is 0 Å². The molecule has 0 bridgehead atoms. The van der Waals surface area contributed by atoms with Crippen LogP contribution in [0.2, 0.25) is 0 Å². The molecule has 21 heavy (non-hydrogen) atoms. The van der Waals surface area contributed by atoms with Crippen molar-refractivity contribution >= 4 is 5.91 Å². The van der Waals surface area contributed by atoms with E-state index in [1.807, 2.05) is 0 Å². The van der Waals surface area contributed by atoms with E-state index in [2.05, 4.69) is 35.2 Å². The van der Waals surface area contributed by atoms with E-state index in [1.54, 1.807) is 12.2 Å². The molecule has 0 aromatic heterocycles. The zero-order valence-electron chi connectivity index (χ0n) is 13.2. The molecule has 0 aromatic carbocycles. The fourth-order valence-electron chi connectivity index (χ4n) is 2.55. The first-order chi connectivity index (χ1) is 10.0. The van der Waals surface area contributed by atoms with Gasteiger partial charge >= 0.3 is 0 Å². The third-order valence-electron chi connectivity index (χ3n) is 3.94. The molecule has 0 aromatic rings. The maximum atomic E-state index is 12.0. The molecule has 1 aliphatic heterocycles. The Morgan fingerprint density at radius 1 is 1.19 bits per heavy atom. The van der Waals surface area contributed by atoms with Crippen LogP contribution in [-0.2, 0) is 4.79 Å². The number of amides is 1. The van der Waals surface area contributed by atoms with Crippen LogP contribution < -0.4 is 5.32 Å². The predicted molar refractivity (Wildman–Crippen MR) is 86.1 cm³/mol. The van der Waals surface area contributed by atoms with Gasteiger partial charge in [-0.05, 0) is 19.4 Å². The van der Waals surface area contributed by atoms with Crippen LogP contribution in [0.3, 0.4) is 0 Å². The summed E-state index contributed by atoms with van der Waals surface area (Å²) in [5, 5.41) is 13.2. The molecule has 0 saturated carbocycles. The van der Waals surface area contributed by atoms with Gasteiger partial charge in [0, 0.05) is 32.7 Å². The van der Waals surface area contributed by atoms with E-state index >= 15 is 0 Å². The molecule has 1 heterocycles. The average molecular weight is 295 g/mol. The molecular weight excluding hydrogens is 266 g/mol. The minimum atomic E-state index is -0.972. The number of piperazine rings is 1. The maximum absolute atomic E-state index is 12.0. The minimum absolute atomic E-state index is 0.0357. The molecule has 1 saturated heterocycles. The summed E-state index contributed by atoms with van der Waals surface area (Å²) in [6.07, 6.45) is 4.21. The largest absolute Gasteiger partial charge is 0.387 e. The van der Waals surface area contributed by atoms with E-state index in [0.29, 0.717) is 19.4 Å². The zero-order valence-corrected chi connectivity index (χ0v) is 13.2. The minimum Gasteiger partial charge on any atom is -0.387 e. The summed E-state index contributed by atoms with van der Waals surface area (Å²) in [6.45, 7) is 15.0. The molecule has 1 fully saturated rings. The number of carbonyl (C=O) groups excluding carboxylic acids is 1. The Bertz CT molecular complexity index is 339. The van der Waals surface area contributed by atoms with E-state index < -0.39 is 5.60 Å². The van der Waals surface area contributed by atoms with Crippen LogP contribution in [0.4, 0.5) is 0 Å². The standard InChI is InChI=1S/C16H29N3O2/c1-4-7-16(21,8-5-2)14-17-15(20)13-19-11-9-18(6-3)10-12-19/h4-5,21H,1-2,6-14H2,3H3,(H,17,20). The van der Waals surface area contributed by atoms with Crippen LogP contribution in [0, 0.1) is 0 Å². The van der Waals surface area contributed by atoms with Crippen molar-refractivity contribution in [1.29, 1.82) is 0 Å². The first-order valence-corrected chi connectivity index (χ1v) is 7.68. The van der Waals surface area contributed by atoms with Gasteiger partial charge in [0.05, 0.1) is 12.1 Å². The van der Waals surface area contributed by atoms with Crippen molar-refractivity contribution < 1.29 is 9.90 Å². The Morgan fingerprint density at radius 3 is 2.19 bits per heavy atom. The number of rotatable bonds is 9. The second kappa shape index (κ2) is 8.97. The molecular formula is C16H29N3O2. The second-order valence-corrected chi connectivity index (χ2v) is 5.70. The zero-order chi connectivity index (χ0) is 15.7. The lowest BCUT2D eigenvalue weighted by Crippen LogP contribution is -2.51. The Kier molecular flexibility index (Phi) is 7.64. The predicted octanol–water partition coefficient (Wildman–Crippen LogP) is 0.623. The molecule has 0 unspecified atom stereocenters. The Hall–Kier alpha value is -1.17. The smallest absolute Gasteiger partial charge is 0.234 e. The van der Waals surface area contributed by atoms with Gasteiger partial charge in [0.25, 0.3) is 0 Å². The van der Waals surface area contributed by atoms with Crippen LogP contribution in [0.5, 0.6) is 0 Å². The van der Waals surface area contributed by atoms with Crippen molar-refractivity contribution in [3.05, 3.63) is 25.3 Å². The summed E-state index contributed by atoms with van der Waals surface area (Å²) in [5.74, 6) is -0.0357. The van der Waals surface area contributed by atoms with Crippen LogP contribution in [-0.4, -0.2) is 72.2 Å². The van der Waals surface area contributed by atoms with Crippen LogP contribution in [0.25, 0.3) is 0 Å². The van der Waals surface area contributed by atoms with E-state index in [-0.39, 0.29) is 12.5 Å². The van der Waals surface area contributed by atoms with Gasteiger partial charge in [0.2, 0.25) is 5.91 Å². The summed E-state index contributed by atoms with van der Waals surface area (Å²) < 4.78 is 0. The lowest BCUT2D eigenvalue weighted by molar-refractivity contribution is -0.123. The molecule has 0 atom stereocenters. The van der Waals surface area contributed by atoms with Crippen molar-refractivity contribution in [1.82, 2.24) is 15.1 Å². The first kappa shape index (κ1) is 17.9. The fourth-order valence-corrected chi connectivity index (χ4v) is 2.55. The summed E-state index contributed by atoms with van der Waals surface area (Å²) in [5.41, 5.74) is -0.972. The van der Waals surface area contributed by atoms with E-state index in [4.69, 9.17) is 0 Å². The van der Waals surface area contributed by atoms with Crippen molar-refractivity contribution in [2.24, 2.45) is 0 Å². The molecule has 2 N–H and O–H groups in total. The van der Waals surface area contributed by atoms with Crippen LogP contribution in [0.15, 0.2) is 25.3 Å². The van der Waals surface area contributed by atoms with Gasteiger partial charge in [-0.1, -0.05) is 19.1 Å². The van der Waals surface area contributed by atoms with Crippen LogP contribution in [0.1, 0.15) is 19.8 Å². The van der Waals surface area contributed by atoms with Crippen molar-refractivity contribution in [3.63, 3.8) is 0 Å². The molecule has 120 valence electrons. The number of nitrogens with one attached hydrogen (secondary N) is 1. The quantitative estimate of drug-likeness (QED) is 0.613. The van der Waals surface area contributed by atoms with E-state index in [9.17, 15) is 9.90 Å². The number of hydrogen-bond donors (Lipinski definition) is 2. The number of likely N-dealkylation sites (N-methyl/N-ethyl adjacent to an activating group) is 1. The Labute approximate surface area is 128 Å². The topological polar surface area (TPSA) is 55.8 Å². The van der Waals surface area contributed by atoms with Gasteiger partial charge in [-0.3, -0.25) is 9.69 Å². The highest BCUT2D eigenvalue weighted by atomic mass is 16.3. The fraction of sp³-hybridized carbons (Fsp3) is 0.688. The molecule has 5 heteroatoms. The molecule has 1 amide bonds. The van der Waals surface area contributed by atoms with Crippen molar-refractivity contribution in [2.45, 2.75) is 25.4 Å². The highest BCUT2D eigenvalue weighted by molar-refractivity contribution is 5.78. The number of aliphatic hydroxyl groups is 1. The normalized spacial score (nSPS) is 17.4. The van der Waals surface area contributed by atoms with E-state index in [1.165, 1.54) is 0 Å². The summed E-state index contributed by atoms with van der Waals surface area (Å²) >= 11 is 0. The summed E-state index contributed by atoms with van der Waals surface area (Å²) in [7, 11) is 0. The van der Waals surface area contributed by atoms with Crippen LogP contribution >= 0.6 is 0 Å². The lowest BCUT2D eigenvalue weighted by atomic mass is 9.95. The van der Waals surface area contributed by atoms with Gasteiger partial charge in [-0.25, -0.2) is 0 Å². The van der Waals surface area contributed by atoms with Gasteiger partial charge in [-0.2, -0.15) is 0 Å². The van der Waals surface area contributed by atoms with Gasteiger partial charge in [-0.15, -0.1) is 13.2 Å². The Balaban J connectivity index is 2.33. The van der Waals surface area contributed by atoms with Gasteiger partial charge in [0.1, 0.15) is 0 Å². The first-order valence-electron chi connectivity index (χ1n) is 7.68. The SMILES string of the molecule is C=CCC(O)(CC=C)CNC(=O)CN1CCN(CC)CC1. The van der Waals surface area contributed by atoms with Gasteiger partial charge in [0.15, 0.2) is 0 Å². The molecule has 5 nitrogen and oxygen atoms in total. The van der Waals surface area contributed by atoms with E-state index in [0.717, 1.165) is 32.7 Å². The summed E-state index contributed by atoms with van der Waals surface area (Å²) in [6, 6.07) is 0. The second-order valence-electron chi connectivity index (χ2n) is 5.70. The highest BCUT2D eigenvalue weighted by Gasteiger charge is 2.25. The third kappa shape index (κ3) is 6.42. The lowest BCUT2D eigenvalue weighted by Gasteiger charge is -2.33.